The lowest BCUT2D eigenvalue weighted by molar-refractivity contribution is -0.303. The summed E-state index contributed by atoms with van der Waals surface area (Å²) in [5, 5.41) is 76.2. The largest absolute Gasteiger partial charge is 0.394 e. The van der Waals surface area contributed by atoms with Crippen molar-refractivity contribution in [3.63, 3.8) is 0 Å². The van der Waals surface area contributed by atoms with Crippen molar-refractivity contribution in [3.8, 4) is 0 Å². The third-order valence-corrected chi connectivity index (χ3v) is 14.6. The lowest BCUT2D eigenvalue weighted by atomic mass is 9.98. The van der Waals surface area contributed by atoms with Crippen LogP contribution in [-0.4, -0.2) is 110 Å². The summed E-state index contributed by atoms with van der Waals surface area (Å²) in [5.41, 5.74) is 0. The highest BCUT2D eigenvalue weighted by atomic mass is 16.7. The van der Waals surface area contributed by atoms with Crippen LogP contribution in [0.4, 0.5) is 0 Å². The molecule has 0 spiro atoms. The van der Waals surface area contributed by atoms with Gasteiger partial charge in [-0.1, -0.05) is 237 Å². The fraction of sp³-hybridized carbons (Fsp3) is 0.885. The van der Waals surface area contributed by atoms with Gasteiger partial charge in [0.2, 0.25) is 5.91 Å². The first kappa shape index (κ1) is 68.3. The maximum Gasteiger partial charge on any atom is 0.249 e. The van der Waals surface area contributed by atoms with Gasteiger partial charge in [0, 0.05) is 0 Å². The van der Waals surface area contributed by atoms with Gasteiger partial charge in [-0.15, -0.1) is 0 Å². The number of hydrogen-bond acceptors (Lipinski definition) is 10. The van der Waals surface area contributed by atoms with E-state index in [-0.39, 0.29) is 12.8 Å². The molecule has 1 rings (SSSR count). The quantitative estimate of drug-likeness (QED) is 0.0215. The summed E-state index contributed by atoms with van der Waals surface area (Å²) in [6.45, 7) is 3.46. The van der Waals surface area contributed by atoms with Gasteiger partial charge in [0.15, 0.2) is 6.29 Å². The van der Waals surface area contributed by atoms with Gasteiger partial charge >= 0.3 is 0 Å². The second kappa shape index (κ2) is 50.2. The topological polar surface area (TPSA) is 189 Å². The molecule has 11 heteroatoms. The minimum absolute atomic E-state index is 0.244. The molecule has 0 radical (unpaired) electrons. The molecular weight excluding hydrogens is 907 g/mol. The standard InChI is InChI=1S/C61H115NO10/c1-3-5-7-9-11-13-15-17-19-21-23-25-26-27-28-29-31-32-34-36-38-40-42-44-46-48-53(64)56(66)52(51-71-61-59(69)58(68)57(67)55(50-63)72-61)62-60(70)54(65)49-47-45-43-41-39-37-35-33-30-24-22-20-18-16-14-12-10-8-6-4-2/h30,32-34,40,42,52-59,61,63-69H,3-29,31,35-39,41,43-51H2,1-2H3,(H,62,70)/b33-30-,34-32+,42-40+. The van der Waals surface area contributed by atoms with Gasteiger partial charge in [-0.2, -0.15) is 0 Å². The fourth-order valence-corrected chi connectivity index (χ4v) is 9.69. The van der Waals surface area contributed by atoms with E-state index < -0.39 is 74.2 Å². The SMILES string of the molecule is CCCCCCCCCCCC/C=C\CCCCCCCCC(O)C(=O)NC(COC1OC(CO)C(O)C(O)C1O)C(O)C(O)CCC/C=C/CC/C=C/CCCCCCCCCCCCCCCCCC. The van der Waals surface area contributed by atoms with Gasteiger partial charge in [0.1, 0.15) is 36.6 Å². The summed E-state index contributed by atoms with van der Waals surface area (Å²) >= 11 is 0. The predicted octanol–water partition coefficient (Wildman–Crippen LogP) is 13.1. The molecule has 1 amide bonds. The molecule has 0 bridgehead atoms. The van der Waals surface area contributed by atoms with E-state index in [1.54, 1.807) is 0 Å². The molecule has 1 saturated heterocycles. The van der Waals surface area contributed by atoms with Crippen molar-refractivity contribution < 1.29 is 50.0 Å². The van der Waals surface area contributed by atoms with Crippen LogP contribution in [0.25, 0.3) is 0 Å². The van der Waals surface area contributed by atoms with Crippen LogP contribution in [-0.2, 0) is 14.3 Å². The Kier molecular flexibility index (Phi) is 47.6. The number of hydrogen-bond donors (Lipinski definition) is 8. The molecule has 1 heterocycles. The summed E-state index contributed by atoms with van der Waals surface area (Å²) in [5.74, 6) is -0.713. The maximum absolute atomic E-state index is 13.2. The number of aliphatic hydroxyl groups is 7. The summed E-state index contributed by atoms with van der Waals surface area (Å²) < 4.78 is 11.1. The zero-order valence-electron chi connectivity index (χ0n) is 46.4. The van der Waals surface area contributed by atoms with Crippen molar-refractivity contribution in [2.45, 2.75) is 332 Å². The van der Waals surface area contributed by atoms with Gasteiger partial charge in [-0.05, 0) is 77.0 Å². The Morgan fingerprint density at radius 3 is 1.24 bits per heavy atom. The van der Waals surface area contributed by atoms with E-state index in [1.807, 2.05) is 0 Å². The van der Waals surface area contributed by atoms with E-state index in [1.165, 1.54) is 173 Å². The molecule has 0 aliphatic carbocycles. The highest BCUT2D eigenvalue weighted by molar-refractivity contribution is 5.80. The Hall–Kier alpha value is -1.67. The zero-order chi connectivity index (χ0) is 52.5. The van der Waals surface area contributed by atoms with E-state index >= 15 is 0 Å². The molecular formula is C61H115NO10. The van der Waals surface area contributed by atoms with Crippen molar-refractivity contribution >= 4 is 5.91 Å². The molecule has 0 aromatic carbocycles. The van der Waals surface area contributed by atoms with E-state index in [4.69, 9.17) is 9.47 Å². The number of allylic oxidation sites excluding steroid dienone is 6. The van der Waals surface area contributed by atoms with Crippen LogP contribution >= 0.6 is 0 Å². The number of amides is 1. The maximum atomic E-state index is 13.2. The molecule has 1 aliphatic heterocycles. The lowest BCUT2D eigenvalue weighted by Gasteiger charge is -2.40. The number of ether oxygens (including phenoxy) is 2. The Labute approximate surface area is 441 Å². The normalized spacial score (nSPS) is 20.3. The molecule has 0 aromatic heterocycles. The molecule has 11 nitrogen and oxygen atoms in total. The Morgan fingerprint density at radius 1 is 0.472 bits per heavy atom. The molecule has 9 atom stereocenters. The van der Waals surface area contributed by atoms with Crippen LogP contribution < -0.4 is 5.32 Å². The summed E-state index contributed by atoms with van der Waals surface area (Å²) in [4.78, 5) is 13.2. The third-order valence-electron chi connectivity index (χ3n) is 14.6. The smallest absolute Gasteiger partial charge is 0.249 e. The number of carbonyl (C=O) groups excluding carboxylic acids is 1. The summed E-state index contributed by atoms with van der Waals surface area (Å²) in [6, 6.07) is -1.19. The zero-order valence-corrected chi connectivity index (χ0v) is 46.4. The van der Waals surface area contributed by atoms with Crippen LogP contribution in [0.2, 0.25) is 0 Å². The molecule has 1 fully saturated rings. The first-order valence-corrected chi connectivity index (χ1v) is 30.4. The van der Waals surface area contributed by atoms with Crippen LogP contribution in [0.5, 0.6) is 0 Å². The average Bonchev–Trinajstić information content (AvgIpc) is 3.38. The van der Waals surface area contributed by atoms with Gasteiger partial charge in [0.25, 0.3) is 0 Å². The summed E-state index contributed by atoms with van der Waals surface area (Å²) in [7, 11) is 0. The van der Waals surface area contributed by atoms with Crippen molar-refractivity contribution in [3.05, 3.63) is 36.5 Å². The number of unbranched alkanes of at least 4 members (excludes halogenated alkanes) is 34. The second-order valence-corrected chi connectivity index (χ2v) is 21.4. The van der Waals surface area contributed by atoms with Crippen molar-refractivity contribution in [2.75, 3.05) is 13.2 Å². The van der Waals surface area contributed by atoms with E-state index in [2.05, 4.69) is 55.6 Å². The molecule has 9 unspecified atom stereocenters. The van der Waals surface area contributed by atoms with Crippen LogP contribution in [0.3, 0.4) is 0 Å². The van der Waals surface area contributed by atoms with Gasteiger partial charge < -0.3 is 50.5 Å². The minimum atomic E-state index is -1.67. The molecule has 8 N–H and O–H groups in total. The monoisotopic (exact) mass is 1020 g/mol. The minimum Gasteiger partial charge on any atom is -0.394 e. The second-order valence-electron chi connectivity index (χ2n) is 21.4. The molecule has 424 valence electrons. The highest BCUT2D eigenvalue weighted by Gasteiger charge is 2.44. The number of nitrogens with one attached hydrogen (secondary N) is 1. The Bertz CT molecular complexity index is 1260. The number of carbonyl (C=O) groups is 1. The first-order valence-electron chi connectivity index (χ1n) is 30.4. The van der Waals surface area contributed by atoms with Crippen molar-refractivity contribution in [1.29, 1.82) is 0 Å². The van der Waals surface area contributed by atoms with Gasteiger partial charge in [-0.25, -0.2) is 0 Å². The van der Waals surface area contributed by atoms with E-state index in [0.29, 0.717) is 19.3 Å². The number of aliphatic hydroxyl groups excluding tert-OH is 7. The molecule has 0 saturated carbocycles. The van der Waals surface area contributed by atoms with E-state index in [0.717, 1.165) is 57.8 Å². The van der Waals surface area contributed by atoms with Crippen molar-refractivity contribution in [1.82, 2.24) is 5.32 Å². The van der Waals surface area contributed by atoms with Crippen LogP contribution in [0.15, 0.2) is 36.5 Å². The molecule has 72 heavy (non-hydrogen) atoms. The van der Waals surface area contributed by atoms with Crippen LogP contribution in [0.1, 0.15) is 277 Å². The highest BCUT2D eigenvalue weighted by Crippen LogP contribution is 2.23. The number of rotatable bonds is 52. The Balaban J connectivity index is 2.33. The first-order chi connectivity index (χ1) is 35.2. The lowest BCUT2D eigenvalue weighted by Crippen LogP contribution is -2.60. The van der Waals surface area contributed by atoms with Crippen molar-refractivity contribution in [2.24, 2.45) is 0 Å². The predicted molar refractivity (Wildman–Crippen MR) is 298 cm³/mol. The molecule has 1 aliphatic rings. The summed E-state index contributed by atoms with van der Waals surface area (Å²) in [6.07, 6.45) is 50.6. The van der Waals surface area contributed by atoms with Gasteiger partial charge in [-0.3, -0.25) is 4.79 Å². The van der Waals surface area contributed by atoms with Gasteiger partial charge in [0.05, 0.1) is 25.4 Å². The average molecular weight is 1020 g/mol. The fourth-order valence-electron chi connectivity index (χ4n) is 9.69. The van der Waals surface area contributed by atoms with E-state index in [9.17, 15) is 40.5 Å². The Morgan fingerprint density at radius 2 is 0.833 bits per heavy atom. The molecule has 0 aromatic rings. The van der Waals surface area contributed by atoms with Crippen LogP contribution in [0, 0.1) is 0 Å². The third kappa shape index (κ3) is 38.0.